The Morgan fingerprint density at radius 2 is 1.62 bits per heavy atom. The van der Waals surface area contributed by atoms with Crippen molar-refractivity contribution in [3.05, 3.63) is 84.2 Å². The average molecular weight is 464 g/mol. The van der Waals surface area contributed by atoms with E-state index in [-0.39, 0.29) is 24.1 Å². The van der Waals surface area contributed by atoms with Gasteiger partial charge >= 0.3 is 0 Å². The van der Waals surface area contributed by atoms with E-state index < -0.39 is 5.92 Å². The Morgan fingerprint density at radius 1 is 0.971 bits per heavy atom. The predicted molar refractivity (Wildman–Crippen MR) is 127 cm³/mol. The second-order valence-corrected chi connectivity index (χ2v) is 7.89. The highest BCUT2D eigenvalue weighted by Crippen LogP contribution is 2.27. The molecule has 0 spiro atoms. The molecule has 0 saturated carbocycles. The first-order valence-corrected chi connectivity index (χ1v) is 11.1. The molecule has 1 atom stereocenters. The molecule has 1 fully saturated rings. The van der Waals surface area contributed by atoms with Gasteiger partial charge in [0.15, 0.2) is 0 Å². The Labute approximate surface area is 197 Å². The van der Waals surface area contributed by atoms with Crippen LogP contribution in [0.25, 0.3) is 0 Å². The van der Waals surface area contributed by atoms with Crippen molar-refractivity contribution >= 4 is 23.2 Å². The van der Waals surface area contributed by atoms with Crippen molar-refractivity contribution in [1.29, 1.82) is 0 Å². The van der Waals surface area contributed by atoms with E-state index >= 15 is 0 Å². The summed E-state index contributed by atoms with van der Waals surface area (Å²) < 4.78 is 24.1. The number of rotatable bonds is 9. The van der Waals surface area contributed by atoms with Crippen molar-refractivity contribution in [2.45, 2.75) is 20.0 Å². The van der Waals surface area contributed by atoms with Gasteiger partial charge in [-0.1, -0.05) is 12.1 Å². The number of nitrogens with zero attached hydrogens (tertiary/aromatic N) is 1. The molecule has 1 aliphatic rings. The van der Waals surface area contributed by atoms with Gasteiger partial charge in [-0.2, -0.15) is 0 Å². The number of carbonyl (C=O) groups is 2. The molecular formula is C26H26FN3O4. The molecule has 0 radical (unpaired) electrons. The smallest absolute Gasteiger partial charge is 0.243 e. The third kappa shape index (κ3) is 5.83. The third-order valence-electron chi connectivity index (χ3n) is 5.46. The van der Waals surface area contributed by atoms with Crippen molar-refractivity contribution < 1.29 is 23.5 Å². The highest BCUT2D eigenvalue weighted by atomic mass is 19.1. The molecule has 4 rings (SSSR count). The van der Waals surface area contributed by atoms with Crippen LogP contribution in [0.2, 0.25) is 0 Å². The number of benzene rings is 3. The molecule has 34 heavy (non-hydrogen) atoms. The lowest BCUT2D eigenvalue weighted by Crippen LogP contribution is -2.36. The van der Waals surface area contributed by atoms with Gasteiger partial charge in [0.1, 0.15) is 23.9 Å². The molecular weight excluding hydrogens is 437 g/mol. The summed E-state index contributed by atoms with van der Waals surface area (Å²) in [5.41, 5.74) is 7.84. The fraction of sp³-hybridized carbons (Fsp3) is 0.231. The fourth-order valence-electron chi connectivity index (χ4n) is 3.64. The molecule has 8 heteroatoms. The largest absolute Gasteiger partial charge is 0.494 e. The van der Waals surface area contributed by atoms with Crippen LogP contribution in [0.15, 0.2) is 72.8 Å². The van der Waals surface area contributed by atoms with E-state index in [2.05, 4.69) is 10.9 Å². The van der Waals surface area contributed by atoms with Crippen LogP contribution in [-0.4, -0.2) is 25.0 Å². The van der Waals surface area contributed by atoms with Gasteiger partial charge in [-0.05, 0) is 73.2 Å². The molecule has 0 aromatic heterocycles. The maximum absolute atomic E-state index is 13.0. The summed E-state index contributed by atoms with van der Waals surface area (Å²) in [6, 6.07) is 20.5. The zero-order valence-electron chi connectivity index (χ0n) is 18.8. The molecule has 7 nitrogen and oxygen atoms in total. The highest BCUT2D eigenvalue weighted by Gasteiger charge is 2.35. The maximum atomic E-state index is 13.0. The van der Waals surface area contributed by atoms with Gasteiger partial charge in [0, 0.05) is 18.7 Å². The molecule has 1 saturated heterocycles. The Morgan fingerprint density at radius 3 is 2.29 bits per heavy atom. The molecule has 0 bridgehead atoms. The predicted octanol–water partition coefficient (Wildman–Crippen LogP) is 4.30. The minimum absolute atomic E-state index is 0.0908. The van der Waals surface area contributed by atoms with Gasteiger partial charge in [0.05, 0.1) is 18.2 Å². The quantitative estimate of drug-likeness (QED) is 0.463. The summed E-state index contributed by atoms with van der Waals surface area (Å²) >= 11 is 0. The first-order valence-electron chi connectivity index (χ1n) is 11.1. The second kappa shape index (κ2) is 10.7. The first-order chi connectivity index (χ1) is 16.5. The zero-order chi connectivity index (χ0) is 23.9. The molecule has 1 aliphatic heterocycles. The van der Waals surface area contributed by atoms with Gasteiger partial charge in [-0.25, -0.2) is 4.39 Å². The van der Waals surface area contributed by atoms with E-state index in [9.17, 15) is 14.0 Å². The summed E-state index contributed by atoms with van der Waals surface area (Å²) in [5.74, 6) is 0.305. The number of ether oxygens (including phenoxy) is 2. The standard InChI is InChI=1S/C26H26FN3O4/c1-2-33-23-13-9-22(10-14-23)30-16-19(15-25(30)31)26(32)29-28-21-7-11-24(12-8-21)34-17-18-3-5-20(27)6-4-18/h3-14,19,28H,2,15-17H2,1H3,(H,29,32)/t19-/m1/s1. The molecule has 0 unspecified atom stereocenters. The lowest BCUT2D eigenvalue weighted by atomic mass is 10.1. The van der Waals surface area contributed by atoms with E-state index in [4.69, 9.17) is 9.47 Å². The minimum atomic E-state index is -0.454. The lowest BCUT2D eigenvalue weighted by molar-refractivity contribution is -0.125. The number of hydrogen-bond donors (Lipinski definition) is 2. The summed E-state index contributed by atoms with van der Waals surface area (Å²) in [6.07, 6.45) is 0.150. The van der Waals surface area contributed by atoms with Crippen LogP contribution in [0.3, 0.4) is 0 Å². The monoisotopic (exact) mass is 463 g/mol. The van der Waals surface area contributed by atoms with Crippen molar-refractivity contribution in [2.75, 3.05) is 23.5 Å². The van der Waals surface area contributed by atoms with Gasteiger partial charge in [-0.3, -0.25) is 20.4 Å². The van der Waals surface area contributed by atoms with Crippen LogP contribution in [0.1, 0.15) is 18.9 Å². The molecule has 1 heterocycles. The van der Waals surface area contributed by atoms with Crippen LogP contribution >= 0.6 is 0 Å². The first kappa shape index (κ1) is 23.1. The van der Waals surface area contributed by atoms with Crippen molar-refractivity contribution in [1.82, 2.24) is 5.43 Å². The van der Waals surface area contributed by atoms with E-state index in [1.165, 1.54) is 12.1 Å². The number of anilines is 2. The van der Waals surface area contributed by atoms with Crippen molar-refractivity contribution in [2.24, 2.45) is 5.92 Å². The normalized spacial score (nSPS) is 15.2. The summed E-state index contributed by atoms with van der Waals surface area (Å²) in [5, 5.41) is 0. The fourth-order valence-corrected chi connectivity index (χ4v) is 3.64. The Kier molecular flexibility index (Phi) is 7.27. The van der Waals surface area contributed by atoms with E-state index in [1.807, 2.05) is 31.2 Å². The number of halogens is 1. The molecule has 2 N–H and O–H groups in total. The third-order valence-corrected chi connectivity index (χ3v) is 5.46. The molecule has 0 aliphatic carbocycles. The maximum Gasteiger partial charge on any atom is 0.243 e. The number of amides is 2. The molecule has 3 aromatic rings. The van der Waals surface area contributed by atoms with Gasteiger partial charge in [-0.15, -0.1) is 0 Å². The Hall–Kier alpha value is -4.07. The van der Waals surface area contributed by atoms with Gasteiger partial charge < -0.3 is 14.4 Å². The number of nitrogens with one attached hydrogen (secondary N) is 2. The van der Waals surface area contributed by atoms with Crippen LogP contribution in [0.5, 0.6) is 11.5 Å². The van der Waals surface area contributed by atoms with Crippen molar-refractivity contribution in [3.8, 4) is 11.5 Å². The van der Waals surface area contributed by atoms with Gasteiger partial charge in [0.2, 0.25) is 11.8 Å². The number of hydrazine groups is 1. The van der Waals surface area contributed by atoms with Crippen molar-refractivity contribution in [3.63, 3.8) is 0 Å². The minimum Gasteiger partial charge on any atom is -0.494 e. The van der Waals surface area contributed by atoms with E-state index in [0.29, 0.717) is 31.2 Å². The number of hydrogen-bond acceptors (Lipinski definition) is 5. The highest BCUT2D eigenvalue weighted by molar-refractivity contribution is 6.00. The SMILES string of the molecule is CCOc1ccc(N2C[C@H](C(=O)NNc3ccc(OCc4ccc(F)cc4)cc3)CC2=O)cc1. The summed E-state index contributed by atoms with van der Waals surface area (Å²) in [4.78, 5) is 26.7. The second-order valence-electron chi connectivity index (χ2n) is 7.89. The van der Waals surface area contributed by atoms with E-state index in [1.54, 1.807) is 41.3 Å². The average Bonchev–Trinajstić information content (AvgIpc) is 3.25. The van der Waals surface area contributed by atoms with Crippen LogP contribution in [0, 0.1) is 11.7 Å². The zero-order valence-corrected chi connectivity index (χ0v) is 18.8. The Balaban J connectivity index is 1.25. The van der Waals surface area contributed by atoms with Crippen LogP contribution in [-0.2, 0) is 16.2 Å². The number of carbonyl (C=O) groups excluding carboxylic acids is 2. The van der Waals surface area contributed by atoms with Crippen LogP contribution < -0.4 is 25.2 Å². The van der Waals surface area contributed by atoms with E-state index in [0.717, 1.165) is 17.0 Å². The van der Waals surface area contributed by atoms with Crippen LogP contribution in [0.4, 0.5) is 15.8 Å². The lowest BCUT2D eigenvalue weighted by Gasteiger charge is -2.17. The Bertz CT molecular complexity index is 1120. The molecule has 3 aromatic carbocycles. The summed E-state index contributed by atoms with van der Waals surface area (Å²) in [6.45, 7) is 3.12. The van der Waals surface area contributed by atoms with Gasteiger partial charge in [0.25, 0.3) is 0 Å². The topological polar surface area (TPSA) is 79.9 Å². The molecule has 176 valence electrons. The summed E-state index contributed by atoms with van der Waals surface area (Å²) in [7, 11) is 0. The molecule has 2 amide bonds.